The van der Waals surface area contributed by atoms with Gasteiger partial charge in [0.1, 0.15) is 23.3 Å². The highest BCUT2D eigenvalue weighted by molar-refractivity contribution is 5.89. The zero-order chi connectivity index (χ0) is 25.2. The summed E-state index contributed by atoms with van der Waals surface area (Å²) >= 11 is 0. The minimum Gasteiger partial charge on any atom is -0.483 e. The first-order valence-corrected chi connectivity index (χ1v) is 11.9. The molecule has 0 bridgehead atoms. The number of rotatable bonds is 7. The van der Waals surface area contributed by atoms with Gasteiger partial charge in [0.2, 0.25) is 0 Å². The van der Waals surface area contributed by atoms with Gasteiger partial charge in [-0.05, 0) is 82.6 Å². The van der Waals surface area contributed by atoms with Crippen LogP contribution in [0.5, 0.6) is 5.75 Å². The Morgan fingerprint density at radius 1 is 1.06 bits per heavy atom. The maximum atomic E-state index is 13.3. The van der Waals surface area contributed by atoms with Crippen molar-refractivity contribution in [2.75, 3.05) is 5.32 Å². The molecule has 5 nitrogen and oxygen atoms in total. The SMILES string of the molecule is Cc1ccc(CNc2ccc3c(c2)C(OC(C)C)C(OC(=O)c2ccc(F)cc2)C(C)(C)O3)cc1. The van der Waals surface area contributed by atoms with Crippen LogP contribution in [0.1, 0.15) is 60.8 Å². The maximum Gasteiger partial charge on any atom is 0.338 e. The Labute approximate surface area is 206 Å². The van der Waals surface area contributed by atoms with Gasteiger partial charge >= 0.3 is 5.97 Å². The Balaban J connectivity index is 1.61. The average Bonchev–Trinajstić information content (AvgIpc) is 2.81. The van der Waals surface area contributed by atoms with E-state index in [0.29, 0.717) is 12.3 Å². The Bertz CT molecular complexity index is 1170. The largest absolute Gasteiger partial charge is 0.483 e. The van der Waals surface area contributed by atoms with Gasteiger partial charge in [-0.3, -0.25) is 0 Å². The molecule has 0 aromatic heterocycles. The summed E-state index contributed by atoms with van der Waals surface area (Å²) < 4.78 is 31.9. The summed E-state index contributed by atoms with van der Waals surface area (Å²) in [4.78, 5) is 12.9. The number of carbonyl (C=O) groups is 1. The highest BCUT2D eigenvalue weighted by Crippen LogP contribution is 2.45. The molecule has 6 heteroatoms. The van der Waals surface area contributed by atoms with Crippen LogP contribution in [0.2, 0.25) is 0 Å². The van der Waals surface area contributed by atoms with E-state index in [-0.39, 0.29) is 11.7 Å². The van der Waals surface area contributed by atoms with E-state index in [9.17, 15) is 9.18 Å². The number of benzene rings is 3. The topological polar surface area (TPSA) is 56.8 Å². The van der Waals surface area contributed by atoms with Crippen molar-refractivity contribution >= 4 is 11.7 Å². The van der Waals surface area contributed by atoms with Gasteiger partial charge in [0, 0.05) is 17.8 Å². The van der Waals surface area contributed by atoms with Gasteiger partial charge in [0.25, 0.3) is 0 Å². The van der Waals surface area contributed by atoms with E-state index in [4.69, 9.17) is 14.2 Å². The molecule has 1 heterocycles. The van der Waals surface area contributed by atoms with E-state index in [1.165, 1.54) is 35.4 Å². The fourth-order valence-electron chi connectivity index (χ4n) is 4.16. The molecule has 35 heavy (non-hydrogen) atoms. The van der Waals surface area contributed by atoms with Crippen LogP contribution >= 0.6 is 0 Å². The van der Waals surface area contributed by atoms with Crippen LogP contribution in [0, 0.1) is 12.7 Å². The van der Waals surface area contributed by atoms with Crippen molar-refractivity contribution in [1.82, 2.24) is 0 Å². The molecule has 2 atom stereocenters. The highest BCUT2D eigenvalue weighted by Gasteiger charge is 2.48. The van der Waals surface area contributed by atoms with Crippen LogP contribution in [0.4, 0.5) is 10.1 Å². The molecular formula is C29H32FNO4. The van der Waals surface area contributed by atoms with E-state index < -0.39 is 29.6 Å². The number of halogens is 1. The first kappa shape index (κ1) is 24.7. The van der Waals surface area contributed by atoms with Gasteiger partial charge in [0.05, 0.1) is 11.7 Å². The highest BCUT2D eigenvalue weighted by atomic mass is 19.1. The number of hydrogen-bond donors (Lipinski definition) is 1. The lowest BCUT2D eigenvalue weighted by Crippen LogP contribution is -2.52. The summed E-state index contributed by atoms with van der Waals surface area (Å²) in [7, 11) is 0. The summed E-state index contributed by atoms with van der Waals surface area (Å²) in [5.41, 5.74) is 3.53. The number of fused-ring (bicyclic) bond motifs is 1. The summed E-state index contributed by atoms with van der Waals surface area (Å²) in [6.07, 6.45) is -1.38. The van der Waals surface area contributed by atoms with Crippen LogP contribution in [-0.4, -0.2) is 23.8 Å². The van der Waals surface area contributed by atoms with E-state index in [1.54, 1.807) is 0 Å². The Kier molecular flexibility index (Phi) is 7.13. The predicted molar refractivity (Wildman–Crippen MR) is 134 cm³/mol. The van der Waals surface area contributed by atoms with E-state index in [1.807, 2.05) is 45.9 Å². The minimum atomic E-state index is -0.848. The van der Waals surface area contributed by atoms with Gasteiger partial charge in [-0.2, -0.15) is 0 Å². The second kappa shape index (κ2) is 10.1. The summed E-state index contributed by atoms with van der Waals surface area (Å²) in [5.74, 6) is -0.278. The Morgan fingerprint density at radius 2 is 1.74 bits per heavy atom. The summed E-state index contributed by atoms with van der Waals surface area (Å²) in [6, 6.07) is 19.6. The van der Waals surface area contributed by atoms with Crippen molar-refractivity contribution in [3.05, 3.63) is 94.8 Å². The Hall–Kier alpha value is -3.38. The minimum absolute atomic E-state index is 0.113. The molecule has 0 spiro atoms. The van der Waals surface area contributed by atoms with Gasteiger partial charge in [-0.1, -0.05) is 29.8 Å². The first-order chi connectivity index (χ1) is 16.6. The fraction of sp³-hybridized carbons (Fsp3) is 0.345. The number of ether oxygens (including phenoxy) is 3. The zero-order valence-corrected chi connectivity index (χ0v) is 20.8. The van der Waals surface area contributed by atoms with Crippen molar-refractivity contribution in [3.8, 4) is 5.75 Å². The molecule has 3 aromatic carbocycles. The number of aryl methyl sites for hydroxylation is 1. The Morgan fingerprint density at radius 3 is 2.40 bits per heavy atom. The molecule has 184 valence electrons. The predicted octanol–water partition coefficient (Wildman–Crippen LogP) is 6.61. The number of esters is 1. The molecule has 0 saturated carbocycles. The smallest absolute Gasteiger partial charge is 0.338 e. The summed E-state index contributed by atoms with van der Waals surface area (Å²) in [5, 5.41) is 3.46. The number of anilines is 1. The van der Waals surface area contributed by atoms with Gasteiger partial charge < -0.3 is 19.5 Å². The van der Waals surface area contributed by atoms with Crippen LogP contribution < -0.4 is 10.1 Å². The average molecular weight is 478 g/mol. The van der Waals surface area contributed by atoms with Gasteiger partial charge in [-0.25, -0.2) is 9.18 Å². The molecule has 0 fully saturated rings. The summed E-state index contributed by atoms with van der Waals surface area (Å²) in [6.45, 7) is 10.4. The molecule has 0 amide bonds. The molecule has 0 radical (unpaired) electrons. The molecule has 4 rings (SSSR count). The zero-order valence-electron chi connectivity index (χ0n) is 20.8. The molecule has 1 aliphatic heterocycles. The number of hydrogen-bond acceptors (Lipinski definition) is 5. The standard InChI is InChI=1S/C29H32FNO4/c1-18(2)33-26-24-16-23(31-17-20-8-6-19(3)7-9-20)14-15-25(24)35-29(4,5)27(26)34-28(32)21-10-12-22(30)13-11-21/h6-16,18,26-27,31H,17H2,1-5H3. The van der Waals surface area contributed by atoms with Crippen molar-refractivity contribution in [2.45, 2.75) is 65.1 Å². The van der Waals surface area contributed by atoms with E-state index >= 15 is 0 Å². The molecule has 1 N–H and O–H groups in total. The van der Waals surface area contributed by atoms with Crippen LogP contribution in [0.25, 0.3) is 0 Å². The number of nitrogens with one attached hydrogen (secondary N) is 1. The quantitative estimate of drug-likeness (QED) is 0.388. The van der Waals surface area contributed by atoms with Crippen molar-refractivity contribution in [3.63, 3.8) is 0 Å². The van der Waals surface area contributed by atoms with E-state index in [2.05, 4.69) is 36.5 Å². The third-order valence-electron chi connectivity index (χ3n) is 6.00. The molecule has 0 saturated heterocycles. The maximum absolute atomic E-state index is 13.3. The molecule has 3 aromatic rings. The van der Waals surface area contributed by atoms with Crippen LogP contribution in [0.3, 0.4) is 0 Å². The molecule has 2 unspecified atom stereocenters. The second-order valence-corrected chi connectivity index (χ2v) is 9.74. The van der Waals surface area contributed by atoms with E-state index in [0.717, 1.165) is 11.3 Å². The third kappa shape index (κ3) is 5.82. The normalized spacial score (nSPS) is 18.5. The lowest BCUT2D eigenvalue weighted by molar-refractivity contribution is -0.151. The third-order valence-corrected chi connectivity index (χ3v) is 6.00. The van der Waals surface area contributed by atoms with Crippen LogP contribution in [-0.2, 0) is 16.0 Å². The van der Waals surface area contributed by atoms with Crippen molar-refractivity contribution in [2.24, 2.45) is 0 Å². The molecular weight excluding hydrogens is 445 g/mol. The number of carbonyl (C=O) groups excluding carboxylic acids is 1. The van der Waals surface area contributed by atoms with Crippen LogP contribution in [0.15, 0.2) is 66.7 Å². The van der Waals surface area contributed by atoms with Crippen molar-refractivity contribution < 1.29 is 23.4 Å². The van der Waals surface area contributed by atoms with Gasteiger partial charge in [-0.15, -0.1) is 0 Å². The van der Waals surface area contributed by atoms with Crippen molar-refractivity contribution in [1.29, 1.82) is 0 Å². The second-order valence-electron chi connectivity index (χ2n) is 9.74. The lowest BCUT2D eigenvalue weighted by Gasteiger charge is -2.44. The molecule has 1 aliphatic rings. The fourth-order valence-corrected chi connectivity index (χ4v) is 4.16. The van der Waals surface area contributed by atoms with Gasteiger partial charge in [0.15, 0.2) is 6.10 Å². The molecule has 0 aliphatic carbocycles. The monoisotopic (exact) mass is 477 g/mol. The lowest BCUT2D eigenvalue weighted by atomic mass is 9.87. The first-order valence-electron chi connectivity index (χ1n) is 11.9.